The number of hydrogen-bond donors (Lipinski definition) is 2. The summed E-state index contributed by atoms with van der Waals surface area (Å²) in [5, 5.41) is 8.58. The monoisotopic (exact) mass is 535 g/mol. The highest BCUT2D eigenvalue weighted by Gasteiger charge is 2.12. The first kappa shape index (κ1) is 24.5. The molecule has 0 amide bonds. The zero-order valence-electron chi connectivity index (χ0n) is 20.8. The molecule has 39 heavy (non-hydrogen) atoms. The number of H-pyrrole nitrogens is 1. The smallest absolute Gasteiger partial charge is 0.255 e. The van der Waals surface area contributed by atoms with Gasteiger partial charge in [-0.1, -0.05) is 42.1 Å². The molecule has 0 fully saturated rings. The second kappa shape index (κ2) is 10.5. The van der Waals surface area contributed by atoms with Gasteiger partial charge in [0.2, 0.25) is 5.16 Å². The number of rotatable bonds is 8. The van der Waals surface area contributed by atoms with Gasteiger partial charge >= 0.3 is 0 Å². The molecule has 6 rings (SSSR count). The number of carbonyl (C=O) groups is 1. The van der Waals surface area contributed by atoms with Gasteiger partial charge in [0.25, 0.3) is 5.78 Å². The molecule has 8 nitrogen and oxygen atoms in total. The third kappa shape index (κ3) is 5.55. The molecule has 3 heterocycles. The highest BCUT2D eigenvalue weighted by Crippen LogP contribution is 2.24. The third-order valence-corrected chi connectivity index (χ3v) is 6.79. The summed E-state index contributed by atoms with van der Waals surface area (Å²) in [7, 11) is 0. The topological polar surface area (TPSA) is 101 Å². The van der Waals surface area contributed by atoms with E-state index in [4.69, 9.17) is 0 Å². The van der Waals surface area contributed by atoms with E-state index < -0.39 is 0 Å². The van der Waals surface area contributed by atoms with Crippen molar-refractivity contribution in [3.63, 3.8) is 0 Å². The number of anilines is 2. The lowest BCUT2D eigenvalue weighted by atomic mass is 10.1. The Hall–Kier alpha value is -4.83. The van der Waals surface area contributed by atoms with Crippen molar-refractivity contribution in [2.45, 2.75) is 17.8 Å². The van der Waals surface area contributed by atoms with E-state index in [1.54, 1.807) is 34.9 Å². The van der Waals surface area contributed by atoms with Crippen LogP contribution in [0.1, 0.15) is 27.4 Å². The minimum absolute atomic E-state index is 0.143. The zero-order chi connectivity index (χ0) is 26.8. The molecule has 0 saturated carbocycles. The molecule has 3 aromatic heterocycles. The van der Waals surface area contributed by atoms with Crippen molar-refractivity contribution in [3.05, 3.63) is 113 Å². The molecule has 0 atom stereocenters. The first-order chi connectivity index (χ1) is 19.0. The van der Waals surface area contributed by atoms with E-state index in [2.05, 4.69) is 30.4 Å². The van der Waals surface area contributed by atoms with Gasteiger partial charge < -0.3 is 10.3 Å². The number of aromatic nitrogens is 6. The Kier molecular flexibility index (Phi) is 6.60. The molecule has 0 spiro atoms. The largest absolute Gasteiger partial charge is 0.341 e. The van der Waals surface area contributed by atoms with Crippen molar-refractivity contribution < 1.29 is 9.18 Å². The molecular weight excluding hydrogens is 513 g/mol. The minimum Gasteiger partial charge on any atom is -0.341 e. The van der Waals surface area contributed by atoms with Gasteiger partial charge in [-0.25, -0.2) is 14.4 Å². The number of benzene rings is 3. The van der Waals surface area contributed by atoms with Crippen LogP contribution < -0.4 is 5.32 Å². The van der Waals surface area contributed by atoms with Crippen molar-refractivity contribution in [3.8, 4) is 0 Å². The second-order valence-electron chi connectivity index (χ2n) is 8.83. The number of carbonyl (C=O) groups excluding carboxylic acids is 1. The minimum atomic E-state index is -0.313. The number of aromatic amines is 1. The molecule has 192 valence electrons. The Morgan fingerprint density at radius 1 is 1.03 bits per heavy atom. The molecule has 2 N–H and O–H groups in total. The van der Waals surface area contributed by atoms with Gasteiger partial charge in [0.15, 0.2) is 5.78 Å². The van der Waals surface area contributed by atoms with Crippen LogP contribution in [-0.2, 0) is 5.75 Å². The fraction of sp³-hybridized carbons (Fsp3) is 0.0690. The molecule has 0 saturated heterocycles. The van der Waals surface area contributed by atoms with E-state index >= 15 is 0 Å². The number of thioether (sulfide) groups is 1. The van der Waals surface area contributed by atoms with Crippen LogP contribution in [0.15, 0.2) is 90.1 Å². The molecule has 0 radical (unpaired) electrons. The highest BCUT2D eigenvalue weighted by molar-refractivity contribution is 7.98. The molecule has 10 heteroatoms. The van der Waals surface area contributed by atoms with E-state index in [0.29, 0.717) is 28.1 Å². The Balaban J connectivity index is 1.16. The van der Waals surface area contributed by atoms with Gasteiger partial charge in [-0.15, -0.1) is 5.10 Å². The fourth-order valence-electron chi connectivity index (χ4n) is 4.03. The Morgan fingerprint density at radius 2 is 1.82 bits per heavy atom. The van der Waals surface area contributed by atoms with Gasteiger partial charge in [0.1, 0.15) is 17.5 Å². The molecule has 0 aliphatic heterocycles. The molecular formula is C29H22FN7OS. The average Bonchev–Trinajstić information content (AvgIpc) is 3.55. The second-order valence-corrected chi connectivity index (χ2v) is 9.77. The van der Waals surface area contributed by atoms with Crippen LogP contribution >= 0.6 is 11.8 Å². The number of aryl methyl sites for hydroxylation is 1. The summed E-state index contributed by atoms with van der Waals surface area (Å²) < 4.78 is 14.7. The lowest BCUT2D eigenvalue weighted by molar-refractivity contribution is 0.104. The van der Waals surface area contributed by atoms with Gasteiger partial charge in [0, 0.05) is 23.0 Å². The normalized spacial score (nSPS) is 11.5. The predicted octanol–water partition coefficient (Wildman–Crippen LogP) is 6.38. The Bertz CT molecular complexity index is 1790. The summed E-state index contributed by atoms with van der Waals surface area (Å²) >= 11 is 1.48. The van der Waals surface area contributed by atoms with Crippen LogP contribution in [0.4, 0.5) is 15.9 Å². The summed E-state index contributed by atoms with van der Waals surface area (Å²) in [5.41, 5.74) is 4.80. The van der Waals surface area contributed by atoms with E-state index in [1.807, 2.05) is 49.4 Å². The molecule has 6 aromatic rings. The van der Waals surface area contributed by atoms with E-state index in [-0.39, 0.29) is 11.6 Å². The maximum Gasteiger partial charge on any atom is 0.255 e. The van der Waals surface area contributed by atoms with Crippen molar-refractivity contribution in [2.75, 3.05) is 5.32 Å². The SMILES string of the molecule is Cc1cc(Nc2ccc(C(=O)/C=C/c3ccc(F)cc3)cc2)n2nc(SCc3nc4ccccc4[nH]3)nc2n1. The average molecular weight is 536 g/mol. The maximum atomic E-state index is 13.1. The number of hydrogen-bond acceptors (Lipinski definition) is 7. The summed E-state index contributed by atoms with van der Waals surface area (Å²) in [4.78, 5) is 29.6. The number of para-hydroxylation sites is 2. The molecule has 0 unspecified atom stereocenters. The lowest BCUT2D eigenvalue weighted by Gasteiger charge is -2.09. The van der Waals surface area contributed by atoms with E-state index in [1.165, 1.54) is 30.0 Å². The zero-order valence-corrected chi connectivity index (χ0v) is 21.6. The first-order valence-electron chi connectivity index (χ1n) is 12.2. The molecule has 3 aromatic carbocycles. The van der Waals surface area contributed by atoms with E-state index in [9.17, 15) is 9.18 Å². The molecule has 0 aliphatic carbocycles. The highest BCUT2D eigenvalue weighted by atomic mass is 32.2. The number of nitrogens with zero attached hydrogens (tertiary/aromatic N) is 5. The number of halogens is 1. The van der Waals surface area contributed by atoms with Crippen LogP contribution in [0.3, 0.4) is 0 Å². The van der Waals surface area contributed by atoms with Crippen LogP contribution in [0.2, 0.25) is 0 Å². The number of allylic oxidation sites excluding steroid dienone is 1. The summed E-state index contributed by atoms with van der Waals surface area (Å²) in [6.45, 7) is 1.90. The molecule has 0 bridgehead atoms. The van der Waals surface area contributed by atoms with Gasteiger partial charge in [0.05, 0.1) is 16.8 Å². The van der Waals surface area contributed by atoms with Gasteiger partial charge in [-0.3, -0.25) is 4.79 Å². The predicted molar refractivity (Wildman–Crippen MR) is 151 cm³/mol. The van der Waals surface area contributed by atoms with Crippen LogP contribution in [0.25, 0.3) is 22.9 Å². The third-order valence-electron chi connectivity index (χ3n) is 5.94. The fourth-order valence-corrected chi connectivity index (χ4v) is 4.72. The lowest BCUT2D eigenvalue weighted by Crippen LogP contribution is -2.03. The van der Waals surface area contributed by atoms with Crippen molar-refractivity contribution >= 4 is 51.9 Å². The standard InChI is InChI=1S/C29H22FN7OS/c1-18-16-27(32-22-13-9-20(10-14-22)25(38)15-8-19-6-11-21(30)12-7-19)37-28(31-18)35-29(36-37)39-17-26-33-23-4-2-3-5-24(23)34-26/h2-16,32H,17H2,1H3,(H,33,34)/b15-8+. The van der Waals surface area contributed by atoms with Crippen molar-refractivity contribution in [2.24, 2.45) is 0 Å². The quantitative estimate of drug-likeness (QED) is 0.132. The molecule has 0 aliphatic rings. The van der Waals surface area contributed by atoms with Crippen molar-refractivity contribution in [1.82, 2.24) is 29.5 Å². The van der Waals surface area contributed by atoms with Gasteiger partial charge in [-0.05, 0) is 67.1 Å². The van der Waals surface area contributed by atoms with Crippen LogP contribution in [-0.4, -0.2) is 35.3 Å². The first-order valence-corrected chi connectivity index (χ1v) is 13.1. The number of nitrogens with one attached hydrogen (secondary N) is 2. The van der Waals surface area contributed by atoms with Crippen LogP contribution in [0.5, 0.6) is 0 Å². The Morgan fingerprint density at radius 3 is 2.62 bits per heavy atom. The maximum absolute atomic E-state index is 13.1. The Labute approximate surface area is 227 Å². The summed E-state index contributed by atoms with van der Waals surface area (Å²) in [6.07, 6.45) is 3.14. The summed E-state index contributed by atoms with van der Waals surface area (Å²) in [6, 6.07) is 22.9. The van der Waals surface area contributed by atoms with Crippen LogP contribution in [0, 0.1) is 12.7 Å². The van der Waals surface area contributed by atoms with Crippen molar-refractivity contribution in [1.29, 1.82) is 0 Å². The number of ketones is 1. The van der Waals surface area contributed by atoms with Gasteiger partial charge in [-0.2, -0.15) is 9.50 Å². The van der Waals surface area contributed by atoms with E-state index in [0.717, 1.165) is 33.8 Å². The summed E-state index contributed by atoms with van der Waals surface area (Å²) in [5.74, 6) is 2.18. The number of imidazole rings is 1. The number of fused-ring (bicyclic) bond motifs is 2.